The van der Waals surface area contributed by atoms with Crippen LogP contribution in [0.5, 0.6) is 0 Å². The second kappa shape index (κ2) is 13.3. The van der Waals surface area contributed by atoms with Gasteiger partial charge in [-0.1, -0.05) is 46.1 Å². The van der Waals surface area contributed by atoms with E-state index in [4.69, 9.17) is 14.7 Å². The molecule has 4 atom stereocenters. The average Bonchev–Trinajstić information content (AvgIpc) is 3.47. The molecule has 3 aliphatic rings. The Bertz CT molecular complexity index is 1460. The molecule has 1 aliphatic carbocycles. The number of benzene rings is 1. The van der Waals surface area contributed by atoms with Crippen molar-refractivity contribution in [2.75, 3.05) is 31.6 Å². The average molecular weight is 600 g/mol. The Morgan fingerprint density at radius 3 is 2.57 bits per heavy atom. The zero-order valence-electron chi connectivity index (χ0n) is 27.5. The number of piperidine rings is 1. The molecular formula is C37H53N5O2. The first-order valence-electron chi connectivity index (χ1n) is 17.4. The summed E-state index contributed by atoms with van der Waals surface area (Å²) in [6.45, 7) is 13.4. The number of ether oxygens (including phenoxy) is 1. The Hall–Kier alpha value is -2.77. The third-order valence-corrected chi connectivity index (χ3v) is 10.8. The zero-order valence-corrected chi connectivity index (χ0v) is 27.5. The maximum Gasteiger partial charge on any atom is 0.261 e. The number of hydrogen-bond acceptors (Lipinski definition) is 6. The lowest BCUT2D eigenvalue weighted by Gasteiger charge is -2.46. The van der Waals surface area contributed by atoms with Crippen molar-refractivity contribution in [3.05, 3.63) is 64.5 Å². The smallest absolute Gasteiger partial charge is 0.261 e. The lowest BCUT2D eigenvalue weighted by molar-refractivity contribution is -0.104. The molecule has 2 aromatic heterocycles. The normalized spacial score (nSPS) is 26.3. The van der Waals surface area contributed by atoms with Gasteiger partial charge in [0.2, 0.25) is 0 Å². The Morgan fingerprint density at radius 1 is 1.07 bits per heavy atom. The van der Waals surface area contributed by atoms with Crippen molar-refractivity contribution < 1.29 is 4.74 Å². The lowest BCUT2D eigenvalue weighted by atomic mass is 9.68. The van der Waals surface area contributed by atoms with Crippen LogP contribution >= 0.6 is 0 Å². The van der Waals surface area contributed by atoms with E-state index in [1.165, 1.54) is 25.0 Å². The molecule has 4 heterocycles. The number of aromatic nitrogens is 3. The van der Waals surface area contributed by atoms with E-state index in [2.05, 4.69) is 56.1 Å². The van der Waals surface area contributed by atoms with Gasteiger partial charge in [-0.15, -0.1) is 0 Å². The van der Waals surface area contributed by atoms with Crippen molar-refractivity contribution in [1.29, 1.82) is 0 Å². The fraction of sp³-hybridized carbons (Fsp3) is 0.649. The largest absolute Gasteiger partial charge is 0.385 e. The zero-order chi connectivity index (χ0) is 30.7. The first kappa shape index (κ1) is 31.2. The van der Waals surface area contributed by atoms with Gasteiger partial charge < -0.3 is 10.1 Å². The topological polar surface area (TPSA) is 72.3 Å². The Kier molecular flexibility index (Phi) is 9.44. The molecule has 7 heteroatoms. The SMILES string of the molecule is CCC[C@@H](c1nc2ccc(NCC[C@@]3(c4ccccn4)CCOC4(CCCC4)C3)cc2c(=O)n1CC)N1C[C@H](C)C[C@H](C)C1. The lowest BCUT2D eigenvalue weighted by Crippen LogP contribution is -2.47. The van der Waals surface area contributed by atoms with Crippen molar-refractivity contribution in [3.63, 3.8) is 0 Å². The van der Waals surface area contributed by atoms with E-state index in [1.54, 1.807) is 0 Å². The molecule has 44 heavy (non-hydrogen) atoms. The molecule has 238 valence electrons. The van der Waals surface area contributed by atoms with Gasteiger partial charge in [-0.05, 0) is 94.0 Å². The maximum atomic E-state index is 14.0. The molecule has 7 nitrogen and oxygen atoms in total. The standard InChI is InChI=1S/C37H53N5O2/c1-5-11-32(41-24-27(3)22-28(4)25-41)34-40-31-14-13-29(23-30(31)35(43)42(34)6-2)38-20-17-36(33-12-7-10-19-39-33)18-21-44-37(26-36)15-8-9-16-37/h7,10,12-14,19,23,27-28,32,38H,5-6,8-9,11,15-18,20-22,24-26H2,1-4H3/t27-,28+,32-,36+/m0/s1. The van der Waals surface area contributed by atoms with Crippen molar-refractivity contribution in [2.24, 2.45) is 11.8 Å². The summed E-state index contributed by atoms with van der Waals surface area (Å²) in [6.07, 6.45) is 13.1. The predicted octanol–water partition coefficient (Wildman–Crippen LogP) is 7.49. The third kappa shape index (κ3) is 6.32. The van der Waals surface area contributed by atoms with E-state index < -0.39 is 0 Å². The molecule has 1 N–H and O–H groups in total. The van der Waals surface area contributed by atoms with Crippen LogP contribution in [-0.2, 0) is 16.7 Å². The molecule has 3 aromatic rings. The molecule has 0 bridgehead atoms. The summed E-state index contributed by atoms with van der Waals surface area (Å²) in [7, 11) is 0. The summed E-state index contributed by atoms with van der Waals surface area (Å²) in [5.41, 5.74) is 3.06. The van der Waals surface area contributed by atoms with Crippen LogP contribution in [0.3, 0.4) is 0 Å². The number of fused-ring (bicyclic) bond motifs is 1. The van der Waals surface area contributed by atoms with Crippen LogP contribution in [-0.4, -0.2) is 51.3 Å². The minimum absolute atomic E-state index is 0.00316. The second-order valence-corrected chi connectivity index (χ2v) is 14.3. The van der Waals surface area contributed by atoms with Crippen LogP contribution in [0.25, 0.3) is 10.9 Å². The van der Waals surface area contributed by atoms with E-state index in [0.717, 1.165) is 88.2 Å². The Morgan fingerprint density at radius 2 is 1.86 bits per heavy atom. The number of nitrogens with zero attached hydrogens (tertiary/aromatic N) is 4. The van der Waals surface area contributed by atoms with E-state index in [0.29, 0.717) is 23.8 Å². The second-order valence-electron chi connectivity index (χ2n) is 14.3. The summed E-state index contributed by atoms with van der Waals surface area (Å²) in [6, 6.07) is 12.7. The quantitative estimate of drug-likeness (QED) is 0.260. The number of pyridine rings is 1. The van der Waals surface area contributed by atoms with Gasteiger partial charge in [0.05, 0.1) is 22.5 Å². The fourth-order valence-electron chi connectivity index (χ4n) is 8.86. The van der Waals surface area contributed by atoms with Crippen molar-refractivity contribution >= 4 is 16.6 Å². The monoisotopic (exact) mass is 599 g/mol. The predicted molar refractivity (Wildman–Crippen MR) is 179 cm³/mol. The molecule has 2 aliphatic heterocycles. The number of hydrogen-bond donors (Lipinski definition) is 1. The van der Waals surface area contributed by atoms with Gasteiger partial charge >= 0.3 is 0 Å². The summed E-state index contributed by atoms with van der Waals surface area (Å²) in [5.74, 6) is 2.26. The molecule has 1 saturated carbocycles. The van der Waals surface area contributed by atoms with Gasteiger partial charge in [0.25, 0.3) is 5.56 Å². The van der Waals surface area contributed by atoms with E-state index in [9.17, 15) is 4.79 Å². The molecule has 1 aromatic carbocycles. The van der Waals surface area contributed by atoms with Crippen LogP contribution < -0.4 is 10.9 Å². The van der Waals surface area contributed by atoms with Crippen LogP contribution in [0.4, 0.5) is 5.69 Å². The first-order valence-corrected chi connectivity index (χ1v) is 17.4. The number of likely N-dealkylation sites (tertiary alicyclic amines) is 1. The summed E-state index contributed by atoms with van der Waals surface area (Å²) >= 11 is 0. The van der Waals surface area contributed by atoms with Crippen molar-refractivity contribution in [2.45, 2.75) is 116 Å². The van der Waals surface area contributed by atoms with E-state index in [-0.39, 0.29) is 22.6 Å². The van der Waals surface area contributed by atoms with Crippen molar-refractivity contribution in [3.8, 4) is 0 Å². The molecule has 0 radical (unpaired) electrons. The summed E-state index contributed by atoms with van der Waals surface area (Å²) in [5, 5.41) is 4.39. The molecule has 0 amide bonds. The van der Waals surface area contributed by atoms with Gasteiger partial charge in [-0.3, -0.25) is 19.2 Å². The third-order valence-electron chi connectivity index (χ3n) is 10.8. The Balaban J connectivity index is 1.24. The van der Waals surface area contributed by atoms with Gasteiger partial charge in [0.1, 0.15) is 5.82 Å². The number of rotatable bonds is 10. The first-order chi connectivity index (χ1) is 21.4. The van der Waals surface area contributed by atoms with Gasteiger partial charge in [0, 0.05) is 55.8 Å². The van der Waals surface area contributed by atoms with Crippen molar-refractivity contribution in [1.82, 2.24) is 19.4 Å². The van der Waals surface area contributed by atoms with E-state index >= 15 is 0 Å². The molecule has 0 unspecified atom stereocenters. The summed E-state index contributed by atoms with van der Waals surface area (Å²) < 4.78 is 8.39. The van der Waals surface area contributed by atoms with Gasteiger partial charge in [-0.2, -0.15) is 0 Å². The summed E-state index contributed by atoms with van der Waals surface area (Å²) in [4.78, 5) is 26.7. The van der Waals surface area contributed by atoms with Gasteiger partial charge in [-0.25, -0.2) is 4.98 Å². The van der Waals surface area contributed by atoms with Crippen LogP contribution in [0.15, 0.2) is 47.4 Å². The minimum atomic E-state index is -0.00316. The van der Waals surface area contributed by atoms with Gasteiger partial charge in [0.15, 0.2) is 0 Å². The molecule has 3 fully saturated rings. The number of nitrogens with one attached hydrogen (secondary N) is 1. The molecular weight excluding hydrogens is 546 g/mol. The highest BCUT2D eigenvalue weighted by Crippen LogP contribution is 2.49. The Labute approximate surface area is 263 Å². The molecule has 2 saturated heterocycles. The fourth-order valence-corrected chi connectivity index (χ4v) is 8.86. The maximum absolute atomic E-state index is 14.0. The number of anilines is 1. The highest BCUT2D eigenvalue weighted by Gasteiger charge is 2.48. The van der Waals surface area contributed by atoms with E-state index in [1.807, 2.05) is 29.0 Å². The molecule has 1 spiro atoms. The minimum Gasteiger partial charge on any atom is -0.385 e. The van der Waals surface area contributed by atoms with Crippen LogP contribution in [0.2, 0.25) is 0 Å². The highest BCUT2D eigenvalue weighted by atomic mass is 16.5. The van der Waals surface area contributed by atoms with Crippen LogP contribution in [0.1, 0.15) is 109 Å². The molecule has 6 rings (SSSR count). The highest BCUT2D eigenvalue weighted by molar-refractivity contribution is 5.81. The van der Waals surface area contributed by atoms with Crippen LogP contribution in [0, 0.1) is 11.8 Å².